The maximum Gasteiger partial charge on any atom is 0.356 e. The molecule has 6 nitrogen and oxygen atoms in total. The molecule has 0 radical (unpaired) electrons. The van der Waals surface area contributed by atoms with Gasteiger partial charge in [0.05, 0.1) is 13.7 Å². The van der Waals surface area contributed by atoms with Crippen LogP contribution in [0.1, 0.15) is 5.56 Å². The fourth-order valence-corrected chi connectivity index (χ4v) is 3.22. The summed E-state index contributed by atoms with van der Waals surface area (Å²) in [4.78, 5) is 1.86. The molecule has 0 heterocycles. The maximum absolute atomic E-state index is 13.6. The molecule has 2 aromatic carbocycles. The summed E-state index contributed by atoms with van der Waals surface area (Å²) in [6, 6.07) is 9.49. The van der Waals surface area contributed by atoms with Crippen LogP contribution < -0.4 is 20.2 Å². The highest BCUT2D eigenvalue weighted by Crippen LogP contribution is 2.17. The molecule has 0 aromatic heterocycles. The van der Waals surface area contributed by atoms with Crippen LogP contribution in [0.15, 0.2) is 47.4 Å². The van der Waals surface area contributed by atoms with Crippen LogP contribution in [0.5, 0.6) is 5.75 Å². The van der Waals surface area contributed by atoms with E-state index >= 15 is 0 Å². The Labute approximate surface area is 144 Å². The Balaban J connectivity index is 2.06. The van der Waals surface area contributed by atoms with E-state index in [0.717, 1.165) is 17.7 Å². The fraction of sp³-hybridized carbons (Fsp3) is 0.188. The SMILES string of the molecule is COc1ccccc1CC[NH+]=C(N)NS(=O)(=O)c1cc(F)ccc1F. The van der Waals surface area contributed by atoms with E-state index in [1.807, 2.05) is 22.9 Å². The molecule has 4 N–H and O–H groups in total. The van der Waals surface area contributed by atoms with Crippen molar-refractivity contribution in [1.29, 1.82) is 0 Å². The van der Waals surface area contributed by atoms with E-state index in [2.05, 4.69) is 4.99 Å². The first-order valence-corrected chi connectivity index (χ1v) is 8.78. The van der Waals surface area contributed by atoms with Gasteiger partial charge in [-0.25, -0.2) is 8.78 Å². The second kappa shape index (κ2) is 7.93. The molecule has 2 aromatic rings. The minimum Gasteiger partial charge on any atom is -0.496 e. The van der Waals surface area contributed by atoms with Gasteiger partial charge in [-0.3, -0.25) is 10.7 Å². The van der Waals surface area contributed by atoms with Crippen molar-refractivity contribution in [3.8, 4) is 5.75 Å². The van der Waals surface area contributed by atoms with E-state index in [1.54, 1.807) is 13.2 Å². The summed E-state index contributed by atoms with van der Waals surface area (Å²) >= 11 is 0. The second-order valence-electron chi connectivity index (χ2n) is 5.08. The number of para-hydroxylation sites is 1. The van der Waals surface area contributed by atoms with Gasteiger partial charge in [0.25, 0.3) is 0 Å². The summed E-state index contributed by atoms with van der Waals surface area (Å²) in [6.45, 7) is 0.306. The van der Waals surface area contributed by atoms with Gasteiger partial charge in [-0.15, -0.1) is 0 Å². The Morgan fingerprint density at radius 2 is 1.96 bits per heavy atom. The Morgan fingerprint density at radius 3 is 2.68 bits per heavy atom. The monoisotopic (exact) mass is 370 g/mol. The smallest absolute Gasteiger partial charge is 0.356 e. The molecule has 0 spiro atoms. The summed E-state index contributed by atoms with van der Waals surface area (Å²) < 4.78 is 58.1. The lowest BCUT2D eigenvalue weighted by molar-refractivity contribution is -0.459. The summed E-state index contributed by atoms with van der Waals surface area (Å²) in [5, 5.41) is 0. The Bertz CT molecular complexity index is 886. The van der Waals surface area contributed by atoms with Crippen LogP contribution in [-0.4, -0.2) is 28.0 Å². The molecule has 9 heteroatoms. The number of nitrogens with one attached hydrogen (secondary N) is 2. The van der Waals surface area contributed by atoms with Crippen LogP contribution in [-0.2, 0) is 16.4 Å². The molecule has 0 aliphatic rings. The van der Waals surface area contributed by atoms with Crippen molar-refractivity contribution < 1.29 is 26.9 Å². The number of sulfonamides is 1. The minimum atomic E-state index is -4.33. The van der Waals surface area contributed by atoms with Crippen LogP contribution in [0.3, 0.4) is 0 Å². The van der Waals surface area contributed by atoms with Crippen LogP contribution in [0, 0.1) is 11.6 Å². The van der Waals surface area contributed by atoms with E-state index in [4.69, 9.17) is 10.5 Å². The van der Waals surface area contributed by atoms with Gasteiger partial charge in [0, 0.05) is 6.42 Å². The standard InChI is InChI=1S/C16H17F2N3O3S/c1-24-14-5-3-2-4-11(14)8-9-20-16(19)21-25(22,23)15-10-12(17)6-7-13(15)18/h2-7,10H,8-9H2,1H3,(H3,19,20,21)/p+1. The summed E-state index contributed by atoms with van der Waals surface area (Å²) in [5.41, 5.74) is 6.49. The van der Waals surface area contributed by atoms with Crippen LogP contribution in [0.2, 0.25) is 0 Å². The molecule has 0 saturated heterocycles. The van der Waals surface area contributed by atoms with E-state index in [-0.39, 0.29) is 5.96 Å². The van der Waals surface area contributed by atoms with Gasteiger partial charge in [0.1, 0.15) is 22.3 Å². The lowest BCUT2D eigenvalue weighted by atomic mass is 10.1. The fourth-order valence-electron chi connectivity index (χ4n) is 2.16. The van der Waals surface area contributed by atoms with E-state index in [1.165, 1.54) is 0 Å². The molecule has 0 saturated carbocycles. The number of hydrogen-bond acceptors (Lipinski definition) is 3. The van der Waals surface area contributed by atoms with Gasteiger partial charge in [0.15, 0.2) is 0 Å². The third kappa shape index (κ3) is 4.90. The highest BCUT2D eigenvalue weighted by Gasteiger charge is 2.24. The van der Waals surface area contributed by atoms with Gasteiger partial charge in [0.2, 0.25) is 0 Å². The highest BCUT2D eigenvalue weighted by atomic mass is 32.2. The van der Waals surface area contributed by atoms with Crippen molar-refractivity contribution in [2.75, 3.05) is 13.7 Å². The normalized spacial score (nSPS) is 12.0. The topological polar surface area (TPSA) is 95.4 Å². The lowest BCUT2D eigenvalue weighted by Gasteiger charge is -2.06. The summed E-state index contributed by atoms with van der Waals surface area (Å²) in [6.07, 6.45) is 0.515. The summed E-state index contributed by atoms with van der Waals surface area (Å²) in [5.74, 6) is -1.54. The first kappa shape index (κ1) is 18.7. The third-order valence-electron chi connectivity index (χ3n) is 3.33. The Morgan fingerprint density at radius 1 is 1.24 bits per heavy atom. The third-order valence-corrected chi connectivity index (χ3v) is 4.71. The van der Waals surface area contributed by atoms with Gasteiger partial charge in [-0.2, -0.15) is 13.1 Å². The maximum atomic E-state index is 13.6. The number of methoxy groups -OCH3 is 1. The zero-order valence-electron chi connectivity index (χ0n) is 13.4. The van der Waals surface area contributed by atoms with Gasteiger partial charge in [-0.1, -0.05) is 18.2 Å². The average molecular weight is 370 g/mol. The number of halogens is 2. The van der Waals surface area contributed by atoms with E-state index in [9.17, 15) is 17.2 Å². The van der Waals surface area contributed by atoms with Crippen molar-refractivity contribution in [3.05, 3.63) is 59.7 Å². The highest BCUT2D eigenvalue weighted by molar-refractivity contribution is 7.90. The van der Waals surface area contributed by atoms with Gasteiger partial charge in [-0.05, 0) is 29.8 Å². The van der Waals surface area contributed by atoms with Crippen molar-refractivity contribution in [2.24, 2.45) is 5.73 Å². The molecule has 0 amide bonds. The van der Waals surface area contributed by atoms with Crippen molar-refractivity contribution in [2.45, 2.75) is 11.3 Å². The lowest BCUT2D eigenvalue weighted by Crippen LogP contribution is -2.79. The van der Waals surface area contributed by atoms with E-state index < -0.39 is 26.6 Å². The zero-order chi connectivity index (χ0) is 18.4. The van der Waals surface area contributed by atoms with Crippen molar-refractivity contribution >= 4 is 16.0 Å². The number of rotatable bonds is 6. The number of benzene rings is 2. The minimum absolute atomic E-state index is 0.293. The first-order chi connectivity index (χ1) is 11.8. The predicted octanol–water partition coefficient (Wildman–Crippen LogP) is -0.110. The number of guanidine groups is 1. The van der Waals surface area contributed by atoms with Gasteiger partial charge >= 0.3 is 16.0 Å². The first-order valence-electron chi connectivity index (χ1n) is 7.29. The van der Waals surface area contributed by atoms with Crippen molar-refractivity contribution in [3.63, 3.8) is 0 Å². The molecule has 2 rings (SSSR count). The molecule has 134 valence electrons. The molecule has 0 unspecified atom stereocenters. The Hall–Kier alpha value is -2.68. The Kier molecular flexibility index (Phi) is 5.92. The molecule has 0 atom stereocenters. The number of nitrogens with two attached hydrogens (primary N) is 1. The zero-order valence-corrected chi connectivity index (χ0v) is 14.2. The molecule has 25 heavy (non-hydrogen) atoms. The predicted molar refractivity (Wildman–Crippen MR) is 88.4 cm³/mol. The largest absolute Gasteiger partial charge is 0.496 e. The molecule has 0 aliphatic heterocycles. The molecule has 0 aliphatic carbocycles. The van der Waals surface area contributed by atoms with Gasteiger partial charge < -0.3 is 4.74 Å². The van der Waals surface area contributed by atoms with Crippen LogP contribution >= 0.6 is 0 Å². The molecular weight excluding hydrogens is 352 g/mol. The molecule has 0 bridgehead atoms. The molecule has 0 fully saturated rings. The second-order valence-corrected chi connectivity index (χ2v) is 6.73. The van der Waals surface area contributed by atoms with Crippen LogP contribution in [0.4, 0.5) is 8.78 Å². The average Bonchev–Trinajstić information content (AvgIpc) is 2.57. The quantitative estimate of drug-likeness (QED) is 0.488. The van der Waals surface area contributed by atoms with Crippen molar-refractivity contribution in [1.82, 2.24) is 4.72 Å². The van der Waals surface area contributed by atoms with E-state index in [0.29, 0.717) is 24.8 Å². The summed E-state index contributed by atoms with van der Waals surface area (Å²) in [7, 11) is -2.78. The number of hydrogen-bond donors (Lipinski definition) is 3. The molecular formula is C16H18F2N3O3S+. The number of ether oxygens (including phenoxy) is 1. The van der Waals surface area contributed by atoms with Crippen LogP contribution in [0.25, 0.3) is 0 Å².